The molecule has 2 nitrogen and oxygen atoms in total. The first-order valence-electron chi connectivity index (χ1n) is 3.86. The maximum Gasteiger partial charge on any atom is 0.216 e. The molecule has 0 atom stereocenters. The highest BCUT2D eigenvalue weighted by Crippen LogP contribution is 2.14. The number of hydrogen-bond acceptors (Lipinski definition) is 2. The van der Waals surface area contributed by atoms with Gasteiger partial charge in [-0.1, -0.05) is 19.4 Å². The van der Waals surface area contributed by atoms with Crippen molar-refractivity contribution in [1.29, 1.82) is 0 Å². The second-order valence-corrected chi connectivity index (χ2v) is 2.42. The molecule has 1 heterocycles. The third-order valence-electron chi connectivity index (χ3n) is 1.56. The van der Waals surface area contributed by atoms with Crippen LogP contribution in [-0.2, 0) is 6.42 Å². The zero-order chi connectivity index (χ0) is 8.10. The largest absolute Gasteiger partial charge is 0.481 e. The third-order valence-corrected chi connectivity index (χ3v) is 1.56. The van der Waals surface area contributed by atoms with Crippen LogP contribution in [-0.4, -0.2) is 12.1 Å². The molecule has 0 aliphatic carbocycles. The number of methoxy groups -OCH3 is 1. The Balaban J connectivity index is 2.83. The van der Waals surface area contributed by atoms with Gasteiger partial charge in [0, 0.05) is 11.8 Å². The van der Waals surface area contributed by atoms with Crippen molar-refractivity contribution in [3.05, 3.63) is 23.9 Å². The standard InChI is InChI=1S/C9H13NO/c1-3-5-8-6-4-7-10-9(8)11-2/h4,6-7H,3,5H2,1-2H3. The summed E-state index contributed by atoms with van der Waals surface area (Å²) in [5, 5.41) is 0. The lowest BCUT2D eigenvalue weighted by molar-refractivity contribution is 0.392. The second kappa shape index (κ2) is 3.96. The van der Waals surface area contributed by atoms with Gasteiger partial charge in [-0.15, -0.1) is 0 Å². The van der Waals surface area contributed by atoms with Crippen LogP contribution in [0, 0.1) is 0 Å². The molecule has 0 amide bonds. The minimum atomic E-state index is 0.759. The van der Waals surface area contributed by atoms with Crippen LogP contribution in [0.15, 0.2) is 18.3 Å². The first-order valence-corrected chi connectivity index (χ1v) is 3.86. The number of aryl methyl sites for hydroxylation is 1. The first-order chi connectivity index (χ1) is 5.38. The van der Waals surface area contributed by atoms with Crippen molar-refractivity contribution in [2.24, 2.45) is 0 Å². The van der Waals surface area contributed by atoms with Gasteiger partial charge in [-0.05, 0) is 12.5 Å². The molecule has 0 spiro atoms. The van der Waals surface area contributed by atoms with Crippen molar-refractivity contribution in [2.45, 2.75) is 19.8 Å². The predicted octanol–water partition coefficient (Wildman–Crippen LogP) is 2.04. The summed E-state index contributed by atoms with van der Waals surface area (Å²) >= 11 is 0. The van der Waals surface area contributed by atoms with Gasteiger partial charge in [0.05, 0.1) is 7.11 Å². The Hall–Kier alpha value is -1.05. The van der Waals surface area contributed by atoms with Crippen molar-refractivity contribution in [1.82, 2.24) is 4.98 Å². The lowest BCUT2D eigenvalue weighted by Crippen LogP contribution is -1.93. The first kappa shape index (κ1) is 8.05. The summed E-state index contributed by atoms with van der Waals surface area (Å²) in [4.78, 5) is 4.09. The monoisotopic (exact) mass is 151 g/mol. The van der Waals surface area contributed by atoms with Gasteiger partial charge >= 0.3 is 0 Å². The lowest BCUT2D eigenvalue weighted by atomic mass is 10.2. The molecule has 0 saturated carbocycles. The average molecular weight is 151 g/mol. The fourth-order valence-electron chi connectivity index (χ4n) is 1.07. The van der Waals surface area contributed by atoms with Crippen molar-refractivity contribution in [3.8, 4) is 5.88 Å². The summed E-state index contributed by atoms with van der Waals surface area (Å²) in [6, 6.07) is 3.99. The molecule has 1 rings (SSSR count). The van der Waals surface area contributed by atoms with Crippen LogP contribution >= 0.6 is 0 Å². The smallest absolute Gasteiger partial charge is 0.216 e. The Kier molecular flexibility index (Phi) is 2.90. The van der Waals surface area contributed by atoms with E-state index in [9.17, 15) is 0 Å². The molecule has 2 heteroatoms. The summed E-state index contributed by atoms with van der Waals surface area (Å²) in [5.41, 5.74) is 1.19. The Morgan fingerprint density at radius 2 is 2.36 bits per heavy atom. The van der Waals surface area contributed by atoms with E-state index in [1.807, 2.05) is 6.07 Å². The predicted molar refractivity (Wildman–Crippen MR) is 44.8 cm³/mol. The zero-order valence-electron chi connectivity index (χ0n) is 7.00. The topological polar surface area (TPSA) is 22.1 Å². The van der Waals surface area contributed by atoms with Crippen LogP contribution in [0.25, 0.3) is 0 Å². The van der Waals surface area contributed by atoms with E-state index in [2.05, 4.69) is 18.0 Å². The van der Waals surface area contributed by atoms with E-state index in [1.165, 1.54) is 5.56 Å². The Morgan fingerprint density at radius 1 is 1.55 bits per heavy atom. The van der Waals surface area contributed by atoms with Crippen LogP contribution in [0.5, 0.6) is 5.88 Å². The molecule has 0 aromatic carbocycles. The molecule has 0 bridgehead atoms. The number of pyridine rings is 1. The molecular formula is C9H13NO. The minimum Gasteiger partial charge on any atom is -0.481 e. The van der Waals surface area contributed by atoms with E-state index in [0.29, 0.717) is 0 Å². The Bertz CT molecular complexity index is 223. The number of rotatable bonds is 3. The van der Waals surface area contributed by atoms with Gasteiger partial charge in [0.15, 0.2) is 0 Å². The number of aromatic nitrogens is 1. The molecule has 0 aliphatic heterocycles. The van der Waals surface area contributed by atoms with Gasteiger partial charge in [0.1, 0.15) is 0 Å². The second-order valence-electron chi connectivity index (χ2n) is 2.42. The highest BCUT2D eigenvalue weighted by molar-refractivity contribution is 5.25. The molecule has 60 valence electrons. The van der Waals surface area contributed by atoms with Crippen molar-refractivity contribution in [3.63, 3.8) is 0 Å². The highest BCUT2D eigenvalue weighted by Gasteiger charge is 1.99. The number of ether oxygens (including phenoxy) is 1. The van der Waals surface area contributed by atoms with Crippen LogP contribution in [0.3, 0.4) is 0 Å². The molecule has 0 aliphatic rings. The SMILES string of the molecule is CCCc1cccnc1OC. The third kappa shape index (κ3) is 1.93. The summed E-state index contributed by atoms with van der Waals surface area (Å²) in [5.74, 6) is 0.759. The summed E-state index contributed by atoms with van der Waals surface area (Å²) < 4.78 is 5.09. The molecule has 0 unspecified atom stereocenters. The van der Waals surface area contributed by atoms with E-state index >= 15 is 0 Å². The molecule has 11 heavy (non-hydrogen) atoms. The van der Waals surface area contributed by atoms with Crippen LogP contribution < -0.4 is 4.74 Å². The van der Waals surface area contributed by atoms with E-state index < -0.39 is 0 Å². The molecular weight excluding hydrogens is 138 g/mol. The van der Waals surface area contributed by atoms with Gasteiger partial charge in [-0.3, -0.25) is 0 Å². The molecule has 0 saturated heterocycles. The van der Waals surface area contributed by atoms with Gasteiger partial charge < -0.3 is 4.74 Å². The summed E-state index contributed by atoms with van der Waals surface area (Å²) in [6.45, 7) is 2.15. The fourth-order valence-corrected chi connectivity index (χ4v) is 1.07. The van der Waals surface area contributed by atoms with Gasteiger partial charge in [0.2, 0.25) is 5.88 Å². The van der Waals surface area contributed by atoms with Crippen molar-refractivity contribution >= 4 is 0 Å². The normalized spacial score (nSPS) is 9.64. The molecule has 0 fully saturated rings. The summed E-state index contributed by atoms with van der Waals surface area (Å²) in [7, 11) is 1.65. The van der Waals surface area contributed by atoms with Crippen LogP contribution in [0.2, 0.25) is 0 Å². The van der Waals surface area contributed by atoms with E-state index in [4.69, 9.17) is 4.74 Å². The van der Waals surface area contributed by atoms with Gasteiger partial charge in [-0.2, -0.15) is 0 Å². The average Bonchev–Trinajstić information content (AvgIpc) is 2.06. The van der Waals surface area contributed by atoms with Gasteiger partial charge in [0.25, 0.3) is 0 Å². The molecule has 0 N–H and O–H groups in total. The molecule has 1 aromatic rings. The van der Waals surface area contributed by atoms with E-state index in [1.54, 1.807) is 13.3 Å². The summed E-state index contributed by atoms with van der Waals surface area (Å²) in [6.07, 6.45) is 3.91. The van der Waals surface area contributed by atoms with Crippen LogP contribution in [0.4, 0.5) is 0 Å². The van der Waals surface area contributed by atoms with Crippen LogP contribution in [0.1, 0.15) is 18.9 Å². The number of nitrogens with zero attached hydrogens (tertiary/aromatic N) is 1. The maximum absolute atomic E-state index is 5.09. The lowest BCUT2D eigenvalue weighted by Gasteiger charge is -2.03. The van der Waals surface area contributed by atoms with E-state index in [-0.39, 0.29) is 0 Å². The van der Waals surface area contributed by atoms with Gasteiger partial charge in [-0.25, -0.2) is 4.98 Å². The van der Waals surface area contributed by atoms with Crippen molar-refractivity contribution < 1.29 is 4.74 Å². The van der Waals surface area contributed by atoms with Crippen molar-refractivity contribution in [2.75, 3.05) is 7.11 Å². The molecule has 0 radical (unpaired) electrons. The number of hydrogen-bond donors (Lipinski definition) is 0. The zero-order valence-corrected chi connectivity index (χ0v) is 7.00. The molecule has 1 aromatic heterocycles. The minimum absolute atomic E-state index is 0.759. The maximum atomic E-state index is 5.09. The highest BCUT2D eigenvalue weighted by atomic mass is 16.5. The Morgan fingerprint density at radius 3 is 3.00 bits per heavy atom. The fraction of sp³-hybridized carbons (Fsp3) is 0.444. The Labute approximate surface area is 67.2 Å². The van der Waals surface area contributed by atoms with E-state index in [0.717, 1.165) is 18.7 Å². The quantitative estimate of drug-likeness (QED) is 0.659.